The molecule has 1 aromatic rings. The number of rotatable bonds is 0. The zero-order valence-corrected chi connectivity index (χ0v) is 7.35. The average molecular weight is 183 g/mol. The molecule has 0 aliphatic heterocycles. The Kier molecular flexibility index (Phi) is 1.84. The first kappa shape index (κ1) is 8.63. The lowest BCUT2D eigenvalue weighted by molar-refractivity contribution is 0.494. The molecule has 0 radical (unpaired) electrons. The predicted octanol–water partition coefficient (Wildman–Crippen LogP) is 2.47. The highest BCUT2D eigenvalue weighted by molar-refractivity contribution is 5.39. The normalized spacial score (nSPS) is 26.2. The van der Waals surface area contributed by atoms with Gasteiger partial charge in [0.2, 0.25) is 0 Å². The van der Waals surface area contributed by atoms with Crippen molar-refractivity contribution in [3.8, 4) is 0 Å². The molecule has 2 rings (SSSR count). The molecule has 13 heavy (non-hydrogen) atoms. The molecule has 0 spiro atoms. The van der Waals surface area contributed by atoms with Crippen molar-refractivity contribution in [1.82, 2.24) is 0 Å². The van der Waals surface area contributed by atoms with Gasteiger partial charge in [0.05, 0.1) is 0 Å². The van der Waals surface area contributed by atoms with Crippen LogP contribution in [0.15, 0.2) is 12.1 Å². The van der Waals surface area contributed by atoms with Gasteiger partial charge in [-0.3, -0.25) is 0 Å². The van der Waals surface area contributed by atoms with Gasteiger partial charge in [0.1, 0.15) is 0 Å². The first-order chi connectivity index (χ1) is 6.11. The molecular formula is C10H11F2N. The van der Waals surface area contributed by atoms with E-state index in [-0.39, 0.29) is 12.0 Å². The van der Waals surface area contributed by atoms with Crippen LogP contribution >= 0.6 is 0 Å². The van der Waals surface area contributed by atoms with E-state index in [0.717, 1.165) is 11.6 Å². The SMILES string of the molecule is CC1CC(N)c2ccc(F)c(F)c21. The van der Waals surface area contributed by atoms with E-state index < -0.39 is 11.6 Å². The van der Waals surface area contributed by atoms with Crippen LogP contribution in [0.2, 0.25) is 0 Å². The summed E-state index contributed by atoms with van der Waals surface area (Å²) >= 11 is 0. The molecule has 1 nitrogen and oxygen atoms in total. The molecule has 1 aliphatic carbocycles. The van der Waals surface area contributed by atoms with E-state index in [1.165, 1.54) is 0 Å². The van der Waals surface area contributed by atoms with Gasteiger partial charge in [-0.05, 0) is 29.5 Å². The monoisotopic (exact) mass is 183 g/mol. The highest BCUT2D eigenvalue weighted by Gasteiger charge is 2.29. The Morgan fingerprint density at radius 1 is 1.38 bits per heavy atom. The number of nitrogens with two attached hydrogens (primary N) is 1. The van der Waals surface area contributed by atoms with E-state index in [4.69, 9.17) is 5.73 Å². The smallest absolute Gasteiger partial charge is 0.162 e. The van der Waals surface area contributed by atoms with E-state index in [0.29, 0.717) is 12.0 Å². The van der Waals surface area contributed by atoms with Gasteiger partial charge in [0.15, 0.2) is 11.6 Å². The van der Waals surface area contributed by atoms with Crippen molar-refractivity contribution in [2.75, 3.05) is 0 Å². The quantitative estimate of drug-likeness (QED) is 0.657. The first-order valence-electron chi connectivity index (χ1n) is 4.34. The number of hydrogen-bond acceptors (Lipinski definition) is 1. The minimum Gasteiger partial charge on any atom is -0.324 e. The lowest BCUT2D eigenvalue weighted by Gasteiger charge is -2.06. The summed E-state index contributed by atoms with van der Waals surface area (Å²) in [4.78, 5) is 0. The fraction of sp³-hybridized carbons (Fsp3) is 0.400. The molecule has 1 aliphatic rings. The summed E-state index contributed by atoms with van der Waals surface area (Å²) in [7, 11) is 0. The lowest BCUT2D eigenvalue weighted by Crippen LogP contribution is -2.05. The Morgan fingerprint density at radius 3 is 2.77 bits per heavy atom. The summed E-state index contributed by atoms with van der Waals surface area (Å²) in [6.45, 7) is 1.87. The standard InChI is InChI=1S/C10H11F2N/c1-5-4-8(13)6-2-3-7(11)10(12)9(5)6/h2-3,5,8H,4,13H2,1H3. The predicted molar refractivity (Wildman–Crippen MR) is 46.3 cm³/mol. The molecular weight excluding hydrogens is 172 g/mol. The van der Waals surface area contributed by atoms with Crippen molar-refractivity contribution in [3.05, 3.63) is 34.9 Å². The van der Waals surface area contributed by atoms with E-state index in [1.807, 2.05) is 6.92 Å². The fourth-order valence-electron chi connectivity index (χ4n) is 2.03. The van der Waals surface area contributed by atoms with Crippen molar-refractivity contribution in [2.24, 2.45) is 5.73 Å². The number of fused-ring (bicyclic) bond motifs is 1. The molecule has 3 heteroatoms. The van der Waals surface area contributed by atoms with Crippen molar-refractivity contribution in [3.63, 3.8) is 0 Å². The van der Waals surface area contributed by atoms with Gasteiger partial charge in [0, 0.05) is 6.04 Å². The summed E-state index contributed by atoms with van der Waals surface area (Å²) in [5.41, 5.74) is 6.99. The third kappa shape index (κ3) is 1.15. The van der Waals surface area contributed by atoms with Crippen molar-refractivity contribution < 1.29 is 8.78 Å². The van der Waals surface area contributed by atoms with Gasteiger partial charge >= 0.3 is 0 Å². The van der Waals surface area contributed by atoms with Crippen LogP contribution in [0.3, 0.4) is 0 Å². The molecule has 70 valence electrons. The van der Waals surface area contributed by atoms with Gasteiger partial charge < -0.3 is 5.73 Å². The molecule has 1 aromatic carbocycles. The lowest BCUT2D eigenvalue weighted by atomic mass is 10.0. The van der Waals surface area contributed by atoms with Crippen molar-refractivity contribution in [1.29, 1.82) is 0 Å². The van der Waals surface area contributed by atoms with Crippen LogP contribution in [0.1, 0.15) is 36.4 Å². The van der Waals surface area contributed by atoms with E-state index in [9.17, 15) is 8.78 Å². The minimum atomic E-state index is -0.778. The number of hydrogen-bond donors (Lipinski definition) is 1. The van der Waals surface area contributed by atoms with Gasteiger partial charge in [-0.1, -0.05) is 13.0 Å². The molecule has 0 fully saturated rings. The first-order valence-corrected chi connectivity index (χ1v) is 4.34. The fourth-order valence-corrected chi connectivity index (χ4v) is 2.03. The second kappa shape index (κ2) is 2.77. The zero-order chi connectivity index (χ0) is 9.59. The Labute approximate surface area is 75.6 Å². The maximum absolute atomic E-state index is 13.3. The maximum Gasteiger partial charge on any atom is 0.162 e. The molecule has 0 saturated heterocycles. The van der Waals surface area contributed by atoms with E-state index in [1.54, 1.807) is 6.07 Å². The summed E-state index contributed by atoms with van der Waals surface area (Å²) in [6.07, 6.45) is 0.704. The van der Waals surface area contributed by atoms with E-state index in [2.05, 4.69) is 0 Å². The second-order valence-corrected chi connectivity index (χ2v) is 3.61. The van der Waals surface area contributed by atoms with Crippen LogP contribution in [-0.4, -0.2) is 0 Å². The van der Waals surface area contributed by atoms with Gasteiger partial charge in [0.25, 0.3) is 0 Å². The van der Waals surface area contributed by atoms with Crippen LogP contribution in [0, 0.1) is 11.6 Å². The average Bonchev–Trinajstić information content (AvgIpc) is 2.35. The highest BCUT2D eigenvalue weighted by Crippen LogP contribution is 2.40. The van der Waals surface area contributed by atoms with Gasteiger partial charge in [-0.15, -0.1) is 0 Å². The number of halogens is 2. The van der Waals surface area contributed by atoms with Crippen LogP contribution in [0.5, 0.6) is 0 Å². The van der Waals surface area contributed by atoms with Gasteiger partial charge in [-0.25, -0.2) is 8.78 Å². The molecule has 0 amide bonds. The van der Waals surface area contributed by atoms with Gasteiger partial charge in [-0.2, -0.15) is 0 Å². The Hall–Kier alpha value is -0.960. The number of benzene rings is 1. The van der Waals surface area contributed by atoms with Crippen LogP contribution in [0.25, 0.3) is 0 Å². The third-order valence-electron chi connectivity index (χ3n) is 2.67. The molecule has 2 atom stereocenters. The Bertz CT molecular complexity index is 349. The topological polar surface area (TPSA) is 26.0 Å². The molecule has 2 N–H and O–H groups in total. The van der Waals surface area contributed by atoms with E-state index >= 15 is 0 Å². The summed E-state index contributed by atoms with van der Waals surface area (Å²) in [5, 5.41) is 0. The summed E-state index contributed by atoms with van der Waals surface area (Å²) in [6, 6.07) is 2.59. The zero-order valence-electron chi connectivity index (χ0n) is 7.35. The van der Waals surface area contributed by atoms with Crippen LogP contribution < -0.4 is 5.73 Å². The molecule has 0 aromatic heterocycles. The Morgan fingerprint density at radius 2 is 2.08 bits per heavy atom. The second-order valence-electron chi connectivity index (χ2n) is 3.61. The van der Waals surface area contributed by atoms with Crippen LogP contribution in [0.4, 0.5) is 8.78 Å². The molecule has 0 bridgehead atoms. The Balaban J connectivity index is 2.64. The van der Waals surface area contributed by atoms with Crippen LogP contribution in [-0.2, 0) is 0 Å². The third-order valence-corrected chi connectivity index (χ3v) is 2.67. The summed E-state index contributed by atoms with van der Waals surface area (Å²) in [5.74, 6) is -1.47. The molecule has 0 saturated carbocycles. The van der Waals surface area contributed by atoms with Crippen molar-refractivity contribution in [2.45, 2.75) is 25.3 Å². The minimum absolute atomic E-state index is 0.0284. The van der Waals surface area contributed by atoms with Crippen molar-refractivity contribution >= 4 is 0 Å². The molecule has 2 unspecified atom stereocenters. The molecule has 0 heterocycles. The largest absolute Gasteiger partial charge is 0.324 e. The maximum atomic E-state index is 13.3. The summed E-state index contributed by atoms with van der Waals surface area (Å²) < 4.78 is 26.2. The highest BCUT2D eigenvalue weighted by atomic mass is 19.2.